The molecular weight excluding hydrogens is 340 g/mol. The number of allylic oxidation sites excluding steroid dienone is 1. The van der Waals surface area contributed by atoms with Crippen LogP contribution in [0.4, 0.5) is 5.82 Å². The summed E-state index contributed by atoms with van der Waals surface area (Å²) >= 11 is 1.69. The smallest absolute Gasteiger partial charge is 0.132 e. The molecule has 2 N–H and O–H groups in total. The van der Waals surface area contributed by atoms with E-state index in [4.69, 9.17) is 10.5 Å². The number of benzene rings is 2. The summed E-state index contributed by atoms with van der Waals surface area (Å²) in [4.78, 5) is 4.37. The Bertz CT molecular complexity index is 1070. The van der Waals surface area contributed by atoms with E-state index < -0.39 is 0 Å². The first-order chi connectivity index (χ1) is 12.8. The number of pyridine rings is 1. The molecular formula is C22H18N2OS. The van der Waals surface area contributed by atoms with E-state index in [1.54, 1.807) is 11.3 Å². The lowest BCUT2D eigenvalue weighted by Gasteiger charge is -2.07. The van der Waals surface area contributed by atoms with Crippen molar-refractivity contribution in [2.75, 3.05) is 5.73 Å². The third kappa shape index (κ3) is 3.07. The van der Waals surface area contributed by atoms with Gasteiger partial charge in [-0.3, -0.25) is 0 Å². The molecule has 0 aliphatic heterocycles. The lowest BCUT2D eigenvalue weighted by atomic mass is 10.0. The topological polar surface area (TPSA) is 48.1 Å². The highest BCUT2D eigenvalue weighted by Gasteiger charge is 2.13. The van der Waals surface area contributed by atoms with Crippen molar-refractivity contribution in [1.82, 2.24) is 4.98 Å². The first kappa shape index (κ1) is 16.4. The van der Waals surface area contributed by atoms with Gasteiger partial charge in [-0.25, -0.2) is 4.98 Å². The maximum absolute atomic E-state index is 6.18. The van der Waals surface area contributed by atoms with Crippen molar-refractivity contribution in [3.63, 3.8) is 0 Å². The molecule has 0 radical (unpaired) electrons. The quantitative estimate of drug-likeness (QED) is 0.461. The van der Waals surface area contributed by atoms with E-state index in [0.717, 1.165) is 38.3 Å². The van der Waals surface area contributed by atoms with E-state index in [0.29, 0.717) is 5.82 Å². The Balaban J connectivity index is 1.71. The van der Waals surface area contributed by atoms with Crippen molar-refractivity contribution < 1.29 is 4.74 Å². The summed E-state index contributed by atoms with van der Waals surface area (Å²) in [5.41, 5.74) is 9.48. The predicted octanol–water partition coefficient (Wildman–Crippen LogP) is 6.37. The second-order valence-electron chi connectivity index (χ2n) is 5.89. The molecule has 3 nitrogen and oxygen atoms in total. The molecule has 4 rings (SSSR count). The van der Waals surface area contributed by atoms with Gasteiger partial charge in [0.15, 0.2) is 0 Å². The minimum Gasteiger partial charge on any atom is -0.457 e. The van der Waals surface area contributed by atoms with Crippen molar-refractivity contribution in [1.29, 1.82) is 0 Å². The third-order valence-electron chi connectivity index (χ3n) is 4.14. The zero-order valence-electron chi connectivity index (χ0n) is 14.3. The van der Waals surface area contributed by atoms with Gasteiger partial charge in [-0.1, -0.05) is 42.5 Å². The van der Waals surface area contributed by atoms with Crippen LogP contribution in [0.25, 0.3) is 27.3 Å². The van der Waals surface area contributed by atoms with Gasteiger partial charge in [-0.2, -0.15) is 0 Å². The van der Waals surface area contributed by atoms with E-state index >= 15 is 0 Å². The van der Waals surface area contributed by atoms with Gasteiger partial charge in [0.05, 0.1) is 0 Å². The number of ether oxygens (including phenoxy) is 1. The third-order valence-corrected chi connectivity index (χ3v) is 5.17. The fourth-order valence-corrected chi connectivity index (χ4v) is 4.00. The number of fused-ring (bicyclic) bond motifs is 1. The van der Waals surface area contributed by atoms with Crippen molar-refractivity contribution in [3.05, 3.63) is 77.8 Å². The molecule has 2 heterocycles. The zero-order chi connectivity index (χ0) is 17.9. The maximum atomic E-state index is 6.18. The Morgan fingerprint density at radius 2 is 1.73 bits per heavy atom. The van der Waals surface area contributed by atoms with Crippen molar-refractivity contribution >= 4 is 33.3 Å². The molecule has 0 unspecified atom stereocenters. The van der Waals surface area contributed by atoms with Gasteiger partial charge in [-0.05, 0) is 42.1 Å². The van der Waals surface area contributed by atoms with E-state index in [9.17, 15) is 0 Å². The number of para-hydroxylation sites is 1. The van der Waals surface area contributed by atoms with Crippen LogP contribution in [0.5, 0.6) is 11.5 Å². The Labute approximate surface area is 156 Å². The van der Waals surface area contributed by atoms with Gasteiger partial charge < -0.3 is 10.5 Å². The van der Waals surface area contributed by atoms with Crippen molar-refractivity contribution in [2.45, 2.75) is 6.92 Å². The highest BCUT2D eigenvalue weighted by molar-refractivity contribution is 7.18. The summed E-state index contributed by atoms with van der Waals surface area (Å²) in [6.07, 6.45) is 5.91. The number of thiophene rings is 1. The van der Waals surface area contributed by atoms with Gasteiger partial charge >= 0.3 is 0 Å². The van der Waals surface area contributed by atoms with Crippen LogP contribution in [0.1, 0.15) is 12.5 Å². The summed E-state index contributed by atoms with van der Waals surface area (Å²) in [6, 6.07) is 17.8. The SMILES string of the molecule is C/C=C/c1cnc(N)c2c(-c3ccc(Oc4ccccc4)cc3)csc12. The number of anilines is 1. The number of rotatable bonds is 4. The van der Waals surface area contributed by atoms with Crippen molar-refractivity contribution in [2.24, 2.45) is 0 Å². The Morgan fingerprint density at radius 3 is 2.46 bits per heavy atom. The summed E-state index contributed by atoms with van der Waals surface area (Å²) < 4.78 is 7.03. The van der Waals surface area contributed by atoms with Crippen LogP contribution in [-0.2, 0) is 0 Å². The number of hydrogen-bond donors (Lipinski definition) is 1. The fourth-order valence-electron chi connectivity index (χ4n) is 2.92. The Kier molecular flexibility index (Phi) is 4.42. The molecule has 4 heteroatoms. The van der Waals surface area contributed by atoms with E-state index in [1.165, 1.54) is 0 Å². The molecule has 0 saturated heterocycles. The molecule has 0 aliphatic carbocycles. The van der Waals surface area contributed by atoms with E-state index in [-0.39, 0.29) is 0 Å². The highest BCUT2D eigenvalue weighted by Crippen LogP contribution is 2.39. The molecule has 0 saturated carbocycles. The Morgan fingerprint density at radius 1 is 1.00 bits per heavy atom. The molecule has 0 fully saturated rings. The van der Waals surface area contributed by atoms with Crippen LogP contribution in [0.3, 0.4) is 0 Å². The predicted molar refractivity (Wildman–Crippen MR) is 111 cm³/mol. The molecule has 26 heavy (non-hydrogen) atoms. The molecule has 0 aliphatic rings. The number of nitrogens with zero attached hydrogens (tertiary/aromatic N) is 1. The average molecular weight is 358 g/mol. The second-order valence-corrected chi connectivity index (χ2v) is 6.77. The normalized spacial score (nSPS) is 11.3. The Hall–Kier alpha value is -3.11. The monoisotopic (exact) mass is 358 g/mol. The van der Waals surface area contributed by atoms with E-state index in [2.05, 4.69) is 28.6 Å². The number of aromatic nitrogens is 1. The number of nitrogen functional groups attached to an aromatic ring is 1. The molecule has 0 spiro atoms. The number of nitrogens with two attached hydrogens (primary N) is 1. The zero-order valence-corrected chi connectivity index (χ0v) is 15.2. The molecule has 4 aromatic rings. The molecule has 0 atom stereocenters. The molecule has 2 aromatic carbocycles. The van der Waals surface area contributed by atoms with Crippen LogP contribution >= 0.6 is 11.3 Å². The second kappa shape index (κ2) is 7.02. The number of hydrogen-bond acceptors (Lipinski definition) is 4. The first-order valence-corrected chi connectivity index (χ1v) is 9.26. The fraction of sp³-hybridized carbons (Fsp3) is 0.0455. The minimum atomic E-state index is 0.564. The van der Waals surface area contributed by atoms with Crippen LogP contribution in [-0.4, -0.2) is 4.98 Å². The van der Waals surface area contributed by atoms with Gasteiger partial charge in [0.1, 0.15) is 17.3 Å². The minimum absolute atomic E-state index is 0.564. The molecule has 2 aromatic heterocycles. The summed E-state index contributed by atoms with van der Waals surface area (Å²) in [6.45, 7) is 2.00. The maximum Gasteiger partial charge on any atom is 0.132 e. The highest BCUT2D eigenvalue weighted by atomic mass is 32.1. The molecule has 128 valence electrons. The van der Waals surface area contributed by atoms with E-state index in [1.807, 2.05) is 61.7 Å². The lowest BCUT2D eigenvalue weighted by Crippen LogP contribution is -1.92. The van der Waals surface area contributed by atoms with Crippen LogP contribution in [0.2, 0.25) is 0 Å². The average Bonchev–Trinajstić information content (AvgIpc) is 3.12. The van der Waals surface area contributed by atoms with Gasteiger partial charge in [0.2, 0.25) is 0 Å². The first-order valence-electron chi connectivity index (χ1n) is 8.38. The van der Waals surface area contributed by atoms with Crippen LogP contribution in [0.15, 0.2) is 72.3 Å². The van der Waals surface area contributed by atoms with Gasteiger partial charge in [0.25, 0.3) is 0 Å². The molecule has 0 bridgehead atoms. The summed E-state index contributed by atoms with van der Waals surface area (Å²) in [5.74, 6) is 2.19. The van der Waals surface area contributed by atoms with Gasteiger partial charge in [0, 0.05) is 27.4 Å². The lowest BCUT2D eigenvalue weighted by molar-refractivity contribution is 0.483. The standard InChI is InChI=1S/C22H18N2OS/c1-2-6-16-13-24-22(23)20-19(14-26-21(16)20)15-9-11-18(12-10-15)25-17-7-4-3-5-8-17/h2-14H,1H3,(H2,23,24)/b6-2+. The van der Waals surface area contributed by atoms with Crippen molar-refractivity contribution in [3.8, 4) is 22.6 Å². The van der Waals surface area contributed by atoms with Gasteiger partial charge in [-0.15, -0.1) is 11.3 Å². The largest absolute Gasteiger partial charge is 0.457 e. The van der Waals surface area contributed by atoms with Crippen LogP contribution < -0.4 is 10.5 Å². The van der Waals surface area contributed by atoms with Crippen LogP contribution in [0, 0.1) is 0 Å². The molecule has 0 amide bonds. The summed E-state index contributed by atoms with van der Waals surface area (Å²) in [7, 11) is 0. The summed E-state index contributed by atoms with van der Waals surface area (Å²) in [5, 5.41) is 3.16.